The molecule has 4 aromatic rings. The number of carbonyl (C=O) groups is 1. The van der Waals surface area contributed by atoms with Gasteiger partial charge in [0.15, 0.2) is 15.4 Å². The molecule has 0 fully saturated rings. The van der Waals surface area contributed by atoms with Crippen LogP contribution in [0.5, 0.6) is 0 Å². The van der Waals surface area contributed by atoms with Crippen molar-refractivity contribution in [2.45, 2.75) is 11.8 Å². The summed E-state index contributed by atoms with van der Waals surface area (Å²) in [6.07, 6.45) is 0. The molecule has 1 N–H and O–H groups in total. The highest BCUT2D eigenvalue weighted by Gasteiger charge is 2.17. The van der Waals surface area contributed by atoms with Crippen molar-refractivity contribution in [2.24, 2.45) is 0 Å². The first-order valence-electron chi connectivity index (χ1n) is 9.27. The summed E-state index contributed by atoms with van der Waals surface area (Å²) in [4.78, 5) is 16.8. The number of sulfone groups is 1. The quantitative estimate of drug-likeness (QED) is 0.436. The van der Waals surface area contributed by atoms with Crippen molar-refractivity contribution in [3.05, 3.63) is 77.1 Å². The number of nitrogens with zero attached hydrogens (tertiary/aromatic N) is 1. The second-order valence-electron chi connectivity index (χ2n) is 6.68. The van der Waals surface area contributed by atoms with Crippen LogP contribution in [0, 0.1) is 5.82 Å². The molecule has 1 heterocycles. The van der Waals surface area contributed by atoms with Crippen LogP contribution in [-0.2, 0) is 9.84 Å². The normalized spacial score (nSPS) is 11.6. The summed E-state index contributed by atoms with van der Waals surface area (Å²) in [5, 5.41) is 2.84. The number of rotatable bonds is 5. The van der Waals surface area contributed by atoms with Gasteiger partial charge in [0.2, 0.25) is 5.89 Å². The van der Waals surface area contributed by atoms with Gasteiger partial charge in [-0.25, -0.2) is 17.8 Å². The number of nitrogens with one attached hydrogen (secondary N) is 1. The Kier molecular flexibility index (Phi) is 5.51. The number of halogens is 2. The Bertz CT molecular complexity index is 1420. The van der Waals surface area contributed by atoms with Crippen LogP contribution >= 0.6 is 11.6 Å². The lowest BCUT2D eigenvalue weighted by atomic mass is 10.1. The molecule has 9 heteroatoms. The number of fused-ring (bicyclic) bond motifs is 1. The second kappa shape index (κ2) is 8.13. The molecule has 1 amide bonds. The first kappa shape index (κ1) is 21.0. The highest BCUT2D eigenvalue weighted by molar-refractivity contribution is 7.91. The summed E-state index contributed by atoms with van der Waals surface area (Å²) in [6, 6.07) is 14.8. The topological polar surface area (TPSA) is 89.3 Å². The van der Waals surface area contributed by atoms with E-state index in [9.17, 15) is 17.6 Å². The van der Waals surface area contributed by atoms with Crippen LogP contribution in [0.25, 0.3) is 22.6 Å². The van der Waals surface area contributed by atoms with Crippen molar-refractivity contribution in [2.75, 3.05) is 11.1 Å². The maximum absolute atomic E-state index is 13.8. The van der Waals surface area contributed by atoms with Crippen molar-refractivity contribution in [1.29, 1.82) is 0 Å². The Morgan fingerprint density at radius 3 is 2.61 bits per heavy atom. The molecule has 4 rings (SSSR count). The molecule has 31 heavy (non-hydrogen) atoms. The summed E-state index contributed by atoms with van der Waals surface area (Å²) >= 11 is 6.36. The third-order valence-electron chi connectivity index (χ3n) is 4.67. The molecule has 0 bridgehead atoms. The fourth-order valence-electron chi connectivity index (χ4n) is 2.99. The molecule has 0 spiro atoms. The third-order valence-corrected chi connectivity index (χ3v) is 6.72. The van der Waals surface area contributed by atoms with E-state index in [1.165, 1.54) is 36.4 Å². The van der Waals surface area contributed by atoms with E-state index in [1.54, 1.807) is 31.2 Å². The Morgan fingerprint density at radius 2 is 1.90 bits per heavy atom. The van der Waals surface area contributed by atoms with E-state index < -0.39 is 21.6 Å². The number of oxazole rings is 1. The Balaban J connectivity index is 1.63. The van der Waals surface area contributed by atoms with Gasteiger partial charge < -0.3 is 9.73 Å². The molecular formula is C22H16ClFN2O4S. The fraction of sp³-hybridized carbons (Fsp3) is 0.0909. The van der Waals surface area contributed by atoms with Gasteiger partial charge in [0.1, 0.15) is 11.3 Å². The number of aromatic nitrogens is 1. The van der Waals surface area contributed by atoms with Crippen molar-refractivity contribution in [3.63, 3.8) is 0 Å². The molecule has 1 aromatic heterocycles. The minimum Gasteiger partial charge on any atom is -0.436 e. The Morgan fingerprint density at radius 1 is 1.13 bits per heavy atom. The van der Waals surface area contributed by atoms with Crippen LogP contribution in [0.1, 0.15) is 17.3 Å². The van der Waals surface area contributed by atoms with Crippen LogP contribution < -0.4 is 5.32 Å². The van der Waals surface area contributed by atoms with E-state index in [0.717, 1.165) is 0 Å². The lowest BCUT2D eigenvalue weighted by molar-refractivity contribution is 0.102. The number of anilines is 1. The number of hydrogen-bond acceptors (Lipinski definition) is 5. The zero-order chi connectivity index (χ0) is 22.2. The van der Waals surface area contributed by atoms with Crippen LogP contribution in [0.4, 0.5) is 10.1 Å². The minimum absolute atomic E-state index is 0.0187. The summed E-state index contributed by atoms with van der Waals surface area (Å²) < 4.78 is 43.7. The van der Waals surface area contributed by atoms with E-state index >= 15 is 0 Å². The van der Waals surface area contributed by atoms with Gasteiger partial charge >= 0.3 is 0 Å². The molecule has 0 saturated carbocycles. The number of hydrogen-bond donors (Lipinski definition) is 1. The third kappa shape index (κ3) is 4.17. The van der Waals surface area contributed by atoms with Crippen molar-refractivity contribution >= 4 is 44.1 Å². The molecule has 0 radical (unpaired) electrons. The molecule has 0 aliphatic carbocycles. The number of benzene rings is 3. The van der Waals surface area contributed by atoms with Crippen molar-refractivity contribution in [3.8, 4) is 11.5 Å². The first-order chi connectivity index (χ1) is 14.8. The van der Waals surface area contributed by atoms with Crippen LogP contribution in [0.15, 0.2) is 70.0 Å². The van der Waals surface area contributed by atoms with E-state index in [4.69, 9.17) is 16.0 Å². The average Bonchev–Trinajstić information content (AvgIpc) is 3.17. The summed E-state index contributed by atoms with van der Waals surface area (Å²) in [5.74, 6) is -1.04. The average molecular weight is 459 g/mol. The Hall–Kier alpha value is -3.23. The van der Waals surface area contributed by atoms with Gasteiger partial charge in [0.25, 0.3) is 5.91 Å². The van der Waals surface area contributed by atoms with Crippen LogP contribution in [0.3, 0.4) is 0 Å². The van der Waals surface area contributed by atoms with Crippen LogP contribution in [-0.4, -0.2) is 25.1 Å². The lowest BCUT2D eigenvalue weighted by Crippen LogP contribution is -2.13. The zero-order valence-corrected chi connectivity index (χ0v) is 17.8. The maximum atomic E-state index is 13.8. The molecule has 3 aromatic carbocycles. The standard InChI is InChI=1S/C22H16ClFN2O4S/c1-2-31(28,29)14-8-10-20-19(12-14)26-22(30-20)15-9-7-13(11-17(15)23)25-21(27)16-5-3-4-6-18(16)24/h3-12H,2H2,1H3,(H,25,27). The molecule has 0 unspecified atom stereocenters. The van der Waals surface area contributed by atoms with Gasteiger partial charge in [0.05, 0.1) is 26.8 Å². The molecular weight excluding hydrogens is 443 g/mol. The molecule has 0 aliphatic rings. The smallest absolute Gasteiger partial charge is 0.258 e. The molecule has 6 nitrogen and oxygen atoms in total. The Labute approximate surface area is 182 Å². The van der Waals surface area contributed by atoms with Crippen molar-refractivity contribution in [1.82, 2.24) is 4.98 Å². The highest BCUT2D eigenvalue weighted by atomic mass is 35.5. The molecule has 158 valence electrons. The first-order valence-corrected chi connectivity index (χ1v) is 11.3. The summed E-state index contributed by atoms with van der Waals surface area (Å²) in [7, 11) is -3.37. The van der Waals surface area contributed by atoms with Crippen LogP contribution in [0.2, 0.25) is 5.02 Å². The van der Waals surface area contributed by atoms with E-state index in [0.29, 0.717) is 22.4 Å². The minimum atomic E-state index is -3.37. The van der Waals surface area contributed by atoms with E-state index in [2.05, 4.69) is 10.3 Å². The predicted molar refractivity (Wildman–Crippen MR) is 117 cm³/mol. The highest BCUT2D eigenvalue weighted by Crippen LogP contribution is 2.33. The van der Waals surface area contributed by atoms with Gasteiger partial charge in [-0.3, -0.25) is 4.79 Å². The maximum Gasteiger partial charge on any atom is 0.258 e. The number of amides is 1. The fourth-order valence-corrected chi connectivity index (χ4v) is 4.15. The van der Waals surface area contributed by atoms with E-state index in [-0.39, 0.29) is 27.1 Å². The lowest BCUT2D eigenvalue weighted by Gasteiger charge is -2.08. The molecule has 0 atom stereocenters. The van der Waals surface area contributed by atoms with Gasteiger partial charge in [-0.1, -0.05) is 30.7 Å². The van der Waals surface area contributed by atoms with Gasteiger partial charge in [0, 0.05) is 5.69 Å². The zero-order valence-electron chi connectivity index (χ0n) is 16.2. The summed E-state index contributed by atoms with van der Waals surface area (Å²) in [6.45, 7) is 1.57. The molecule has 0 saturated heterocycles. The number of carbonyl (C=O) groups excluding carboxylic acids is 1. The van der Waals surface area contributed by atoms with Gasteiger partial charge in [-0.05, 0) is 48.5 Å². The second-order valence-corrected chi connectivity index (χ2v) is 9.37. The monoisotopic (exact) mass is 458 g/mol. The molecule has 0 aliphatic heterocycles. The predicted octanol–water partition coefficient (Wildman–Crippen LogP) is 5.33. The van der Waals surface area contributed by atoms with E-state index in [1.807, 2.05) is 0 Å². The van der Waals surface area contributed by atoms with Crippen molar-refractivity contribution < 1.29 is 22.0 Å². The van der Waals surface area contributed by atoms with Gasteiger partial charge in [-0.15, -0.1) is 0 Å². The largest absolute Gasteiger partial charge is 0.436 e. The summed E-state index contributed by atoms with van der Waals surface area (Å²) in [5.41, 5.74) is 1.55. The van der Waals surface area contributed by atoms with Gasteiger partial charge in [-0.2, -0.15) is 0 Å². The SMILES string of the molecule is CCS(=O)(=O)c1ccc2oc(-c3ccc(NC(=O)c4ccccc4F)cc3Cl)nc2c1.